The summed E-state index contributed by atoms with van der Waals surface area (Å²) >= 11 is 0. The molecule has 1 fully saturated rings. The van der Waals surface area contributed by atoms with Crippen LogP contribution in [0.4, 0.5) is 0 Å². The van der Waals surface area contributed by atoms with Crippen LogP contribution in [0.15, 0.2) is 53.2 Å². The second-order valence-corrected chi connectivity index (χ2v) is 9.02. The Labute approximate surface area is 194 Å². The summed E-state index contributed by atoms with van der Waals surface area (Å²) in [6, 6.07) is 10.4. The Kier molecular flexibility index (Phi) is 9.40. The molecule has 0 amide bonds. The zero-order chi connectivity index (χ0) is 22.8. The number of pyridine rings is 1. The van der Waals surface area contributed by atoms with Crippen molar-refractivity contribution >= 4 is 11.9 Å². The zero-order valence-electron chi connectivity index (χ0n) is 20.2. The number of aryl methyl sites for hydroxylation is 2. The van der Waals surface area contributed by atoms with Crippen LogP contribution in [-0.4, -0.2) is 23.5 Å². The highest BCUT2D eigenvalue weighted by Crippen LogP contribution is 2.30. The number of allylic oxidation sites excluding steroid dienone is 2. The second kappa shape index (κ2) is 12.5. The molecular formula is C29H39N3. The molecule has 0 saturated heterocycles. The molecule has 1 saturated carbocycles. The Morgan fingerprint density at radius 1 is 1.12 bits per heavy atom. The molecule has 0 bridgehead atoms. The van der Waals surface area contributed by atoms with Gasteiger partial charge in [-0.1, -0.05) is 63.3 Å². The average molecular weight is 430 g/mol. The molecule has 3 rings (SSSR count). The average Bonchev–Trinajstić information content (AvgIpc) is 2.83. The van der Waals surface area contributed by atoms with Gasteiger partial charge in [0.1, 0.15) is 0 Å². The van der Waals surface area contributed by atoms with E-state index in [-0.39, 0.29) is 0 Å². The zero-order valence-corrected chi connectivity index (χ0v) is 20.2. The molecular weight excluding hydrogens is 390 g/mol. The van der Waals surface area contributed by atoms with Gasteiger partial charge in [-0.2, -0.15) is 0 Å². The summed E-state index contributed by atoms with van der Waals surface area (Å²) in [6.45, 7) is 7.08. The normalized spacial score (nSPS) is 15.4. The minimum atomic E-state index is 0.612. The van der Waals surface area contributed by atoms with Gasteiger partial charge in [-0.15, -0.1) is 0 Å². The molecule has 3 nitrogen and oxygen atoms in total. The van der Waals surface area contributed by atoms with Gasteiger partial charge in [-0.05, 0) is 67.9 Å². The molecule has 1 N–H and O–H groups in total. The molecule has 32 heavy (non-hydrogen) atoms. The van der Waals surface area contributed by atoms with E-state index in [0.717, 1.165) is 42.0 Å². The summed E-state index contributed by atoms with van der Waals surface area (Å²) in [5, 5.41) is 9.09. The van der Waals surface area contributed by atoms with Crippen molar-refractivity contribution < 1.29 is 0 Å². The molecule has 2 aromatic rings. The molecule has 170 valence electrons. The summed E-state index contributed by atoms with van der Waals surface area (Å²) in [5.41, 5.74) is 7.69. The maximum absolute atomic E-state index is 9.09. The van der Waals surface area contributed by atoms with E-state index in [0.29, 0.717) is 12.3 Å². The Hall–Kier alpha value is -2.55. The van der Waals surface area contributed by atoms with Gasteiger partial charge in [0.05, 0.1) is 5.71 Å². The Balaban J connectivity index is 1.76. The molecule has 1 aliphatic rings. The highest BCUT2D eigenvalue weighted by Gasteiger charge is 2.19. The lowest BCUT2D eigenvalue weighted by atomic mass is 9.82. The molecule has 0 atom stereocenters. The van der Waals surface area contributed by atoms with Gasteiger partial charge in [0.25, 0.3) is 0 Å². The molecule has 1 aromatic heterocycles. The summed E-state index contributed by atoms with van der Waals surface area (Å²) in [5.74, 6) is 0.852. The molecule has 1 aliphatic carbocycles. The van der Waals surface area contributed by atoms with Crippen molar-refractivity contribution in [2.75, 3.05) is 6.54 Å². The van der Waals surface area contributed by atoms with Crippen LogP contribution in [0.3, 0.4) is 0 Å². The third kappa shape index (κ3) is 6.48. The molecule has 0 radical (unpaired) electrons. The Morgan fingerprint density at radius 3 is 2.62 bits per heavy atom. The second-order valence-electron chi connectivity index (χ2n) is 9.02. The minimum Gasteiger partial charge on any atom is -0.300 e. The summed E-state index contributed by atoms with van der Waals surface area (Å²) in [6.07, 6.45) is 16.8. The van der Waals surface area contributed by atoms with Crippen molar-refractivity contribution in [3.63, 3.8) is 0 Å². The van der Waals surface area contributed by atoms with Crippen molar-refractivity contribution in [3.05, 3.63) is 76.1 Å². The van der Waals surface area contributed by atoms with Crippen molar-refractivity contribution in [3.8, 4) is 0 Å². The van der Waals surface area contributed by atoms with Gasteiger partial charge in [0.2, 0.25) is 0 Å². The quantitative estimate of drug-likeness (QED) is 0.403. The molecule has 0 spiro atoms. The number of aliphatic imine (C=N–C) groups is 1. The van der Waals surface area contributed by atoms with E-state index in [2.05, 4.69) is 36.0 Å². The van der Waals surface area contributed by atoms with Gasteiger partial charge < -0.3 is 0 Å². The molecule has 3 heteroatoms. The van der Waals surface area contributed by atoms with Crippen LogP contribution in [0.1, 0.15) is 80.3 Å². The third-order valence-corrected chi connectivity index (χ3v) is 6.83. The van der Waals surface area contributed by atoms with Gasteiger partial charge in [0, 0.05) is 42.2 Å². The first-order valence-corrected chi connectivity index (χ1v) is 12.4. The first kappa shape index (κ1) is 24.1. The number of hydrogen-bond acceptors (Lipinski definition) is 3. The maximum Gasteiger partial charge on any atom is 0.0702 e. The number of nitrogens with zero attached hydrogens (tertiary/aromatic N) is 2. The molecule has 1 heterocycles. The summed E-state index contributed by atoms with van der Waals surface area (Å²) < 4.78 is 0. The highest BCUT2D eigenvalue weighted by atomic mass is 14.7. The largest absolute Gasteiger partial charge is 0.300 e. The number of rotatable bonds is 10. The van der Waals surface area contributed by atoms with E-state index in [1.54, 1.807) is 0 Å². The first-order chi connectivity index (χ1) is 15.6. The van der Waals surface area contributed by atoms with Crippen LogP contribution in [0, 0.1) is 18.3 Å². The number of aromatic nitrogens is 1. The first-order valence-electron chi connectivity index (χ1n) is 12.4. The van der Waals surface area contributed by atoms with Gasteiger partial charge in [-0.25, -0.2) is 0 Å². The van der Waals surface area contributed by atoms with Gasteiger partial charge >= 0.3 is 0 Å². The Bertz CT molecular complexity index is 934. The minimum absolute atomic E-state index is 0.612. The van der Waals surface area contributed by atoms with Crippen LogP contribution in [-0.2, 0) is 19.3 Å². The fourth-order valence-electron chi connectivity index (χ4n) is 4.91. The number of hydrogen-bond donors (Lipinski definition) is 1. The van der Waals surface area contributed by atoms with E-state index in [1.807, 2.05) is 43.6 Å². The Morgan fingerprint density at radius 2 is 1.94 bits per heavy atom. The third-order valence-electron chi connectivity index (χ3n) is 6.83. The number of nitrogens with one attached hydrogen (secondary N) is 1. The van der Waals surface area contributed by atoms with Crippen molar-refractivity contribution in [1.82, 2.24) is 4.98 Å². The van der Waals surface area contributed by atoms with Crippen LogP contribution in [0.2, 0.25) is 0 Å². The van der Waals surface area contributed by atoms with Crippen LogP contribution in [0.25, 0.3) is 0 Å². The fraction of sp³-hybridized carbons (Fsp3) is 0.483. The van der Waals surface area contributed by atoms with Crippen molar-refractivity contribution in [2.45, 2.75) is 78.6 Å². The lowest BCUT2D eigenvalue weighted by molar-refractivity contribution is 0.339. The molecule has 1 aromatic carbocycles. The topological polar surface area (TPSA) is 49.1 Å². The molecule has 0 aliphatic heterocycles. The fourth-order valence-corrected chi connectivity index (χ4v) is 4.91. The summed E-state index contributed by atoms with van der Waals surface area (Å²) in [7, 11) is 0. The smallest absolute Gasteiger partial charge is 0.0702 e. The monoisotopic (exact) mass is 429 g/mol. The predicted molar refractivity (Wildman–Crippen MR) is 137 cm³/mol. The standard InChI is InChI=1S/C29H39N3/c1-4-24-16-14-22(3)28(27(24)17-15-23-11-7-6-8-12-23)29(30)25(5-2)21-31-20-18-26-13-9-10-19-32-26/h5,9-10,13-14,16,19,21,23,30H,4,6-8,11-12,15,17-18,20H2,1-3H3. The van der Waals surface area contributed by atoms with Gasteiger partial charge in [0.15, 0.2) is 0 Å². The van der Waals surface area contributed by atoms with Crippen LogP contribution < -0.4 is 0 Å². The maximum atomic E-state index is 9.09. The van der Waals surface area contributed by atoms with Crippen molar-refractivity contribution in [2.24, 2.45) is 10.9 Å². The lowest BCUT2D eigenvalue weighted by Crippen LogP contribution is -2.15. The van der Waals surface area contributed by atoms with E-state index >= 15 is 0 Å². The molecule has 0 unspecified atom stereocenters. The van der Waals surface area contributed by atoms with E-state index in [1.165, 1.54) is 55.2 Å². The van der Waals surface area contributed by atoms with Crippen LogP contribution in [0.5, 0.6) is 0 Å². The van der Waals surface area contributed by atoms with Crippen molar-refractivity contribution in [1.29, 1.82) is 5.41 Å². The SMILES string of the molecule is CC=C(C=NCCc1ccccn1)C(=N)c1c(C)ccc(CC)c1CCC1CCCCC1. The van der Waals surface area contributed by atoms with Crippen LogP contribution >= 0.6 is 0 Å². The predicted octanol–water partition coefficient (Wildman–Crippen LogP) is 7.09. The van der Waals surface area contributed by atoms with Gasteiger partial charge in [-0.3, -0.25) is 15.4 Å². The van der Waals surface area contributed by atoms with E-state index < -0.39 is 0 Å². The van der Waals surface area contributed by atoms with E-state index in [4.69, 9.17) is 5.41 Å². The summed E-state index contributed by atoms with van der Waals surface area (Å²) in [4.78, 5) is 9.00. The number of benzene rings is 1. The lowest BCUT2D eigenvalue weighted by Gasteiger charge is -2.24. The van der Waals surface area contributed by atoms with E-state index in [9.17, 15) is 0 Å². The highest BCUT2D eigenvalue weighted by molar-refractivity contribution is 6.23.